The van der Waals surface area contributed by atoms with Crippen molar-refractivity contribution in [3.63, 3.8) is 0 Å². The Morgan fingerprint density at radius 2 is 1.85 bits per heavy atom. The highest BCUT2D eigenvalue weighted by Gasteiger charge is 2.23. The molecule has 0 radical (unpaired) electrons. The molecular formula is C21H25NO4. The highest BCUT2D eigenvalue weighted by molar-refractivity contribution is 5.71. The predicted octanol–water partition coefficient (Wildman–Crippen LogP) is 3.98. The molecule has 0 aliphatic carbocycles. The number of carbonyl (C=O) groups excluding carboxylic acids is 1. The number of nitrogens with one attached hydrogen (secondary N) is 1. The van der Waals surface area contributed by atoms with Crippen molar-refractivity contribution in [2.24, 2.45) is 0 Å². The van der Waals surface area contributed by atoms with E-state index in [1.807, 2.05) is 57.2 Å². The number of hydrogen-bond acceptors (Lipinski definition) is 5. The van der Waals surface area contributed by atoms with E-state index in [2.05, 4.69) is 17.4 Å². The molecule has 1 unspecified atom stereocenters. The predicted molar refractivity (Wildman–Crippen MR) is 99.0 cm³/mol. The van der Waals surface area contributed by atoms with E-state index in [0.29, 0.717) is 12.3 Å². The van der Waals surface area contributed by atoms with Crippen LogP contribution in [0.4, 0.5) is 0 Å². The molecule has 5 heteroatoms. The number of carbonyl (C=O) groups is 1. The molecule has 1 heterocycles. The van der Waals surface area contributed by atoms with Crippen molar-refractivity contribution in [3.8, 4) is 11.5 Å². The number of rotatable bonds is 6. The molecule has 3 rings (SSSR count). The quantitative estimate of drug-likeness (QED) is 0.795. The Morgan fingerprint density at radius 1 is 1.12 bits per heavy atom. The zero-order valence-electron chi connectivity index (χ0n) is 15.5. The van der Waals surface area contributed by atoms with Gasteiger partial charge >= 0.3 is 5.97 Å². The lowest BCUT2D eigenvalue weighted by Crippen LogP contribution is -2.29. The molecule has 0 bridgehead atoms. The molecule has 2 aromatic carbocycles. The van der Waals surface area contributed by atoms with Crippen LogP contribution < -0.4 is 14.8 Å². The number of benzene rings is 2. The topological polar surface area (TPSA) is 56.8 Å². The zero-order chi connectivity index (χ0) is 18.6. The summed E-state index contributed by atoms with van der Waals surface area (Å²) in [7, 11) is 0. The van der Waals surface area contributed by atoms with Crippen molar-refractivity contribution in [1.82, 2.24) is 5.32 Å². The van der Waals surface area contributed by atoms with E-state index in [1.54, 1.807) is 0 Å². The van der Waals surface area contributed by atoms with Gasteiger partial charge in [0, 0.05) is 12.6 Å². The van der Waals surface area contributed by atoms with Crippen LogP contribution >= 0.6 is 0 Å². The monoisotopic (exact) mass is 355 g/mol. The van der Waals surface area contributed by atoms with Crippen LogP contribution in [0.5, 0.6) is 11.5 Å². The summed E-state index contributed by atoms with van der Waals surface area (Å²) >= 11 is 0. The Hall–Kier alpha value is -2.53. The molecule has 0 aromatic heterocycles. The van der Waals surface area contributed by atoms with E-state index in [0.717, 1.165) is 16.9 Å². The summed E-state index contributed by atoms with van der Waals surface area (Å²) in [5.41, 5.74) is 1.62. The summed E-state index contributed by atoms with van der Waals surface area (Å²) < 4.78 is 16.3. The maximum Gasteiger partial charge on any atom is 0.308 e. The van der Waals surface area contributed by atoms with Crippen molar-refractivity contribution in [2.75, 3.05) is 6.79 Å². The number of esters is 1. The van der Waals surface area contributed by atoms with Gasteiger partial charge in [0.05, 0.1) is 6.42 Å². The lowest BCUT2D eigenvalue weighted by Gasteiger charge is -2.23. The first-order valence-corrected chi connectivity index (χ1v) is 8.79. The number of hydrogen-bond donors (Lipinski definition) is 1. The Morgan fingerprint density at radius 3 is 2.58 bits per heavy atom. The van der Waals surface area contributed by atoms with Gasteiger partial charge in [0.2, 0.25) is 6.79 Å². The average Bonchev–Trinajstić information content (AvgIpc) is 3.05. The second kappa shape index (κ2) is 7.79. The number of fused-ring (bicyclic) bond motifs is 1. The molecule has 0 saturated carbocycles. The van der Waals surface area contributed by atoms with E-state index in [1.165, 1.54) is 0 Å². The summed E-state index contributed by atoms with van der Waals surface area (Å²) in [4.78, 5) is 12.4. The lowest BCUT2D eigenvalue weighted by atomic mass is 10.0. The Balaban J connectivity index is 1.75. The average molecular weight is 355 g/mol. The fourth-order valence-electron chi connectivity index (χ4n) is 2.82. The zero-order valence-corrected chi connectivity index (χ0v) is 15.5. The van der Waals surface area contributed by atoms with Crippen LogP contribution in [0.25, 0.3) is 0 Å². The molecule has 0 fully saturated rings. The van der Waals surface area contributed by atoms with Crippen LogP contribution in [0, 0.1) is 0 Å². The van der Waals surface area contributed by atoms with E-state index >= 15 is 0 Å². The minimum atomic E-state index is -0.504. The van der Waals surface area contributed by atoms with Gasteiger partial charge in [0.15, 0.2) is 11.5 Å². The third-order valence-corrected chi connectivity index (χ3v) is 3.99. The van der Waals surface area contributed by atoms with Gasteiger partial charge in [-0.25, -0.2) is 0 Å². The summed E-state index contributed by atoms with van der Waals surface area (Å²) in [5.74, 6) is 1.20. The molecule has 1 aliphatic heterocycles. The standard InChI is InChI=1S/C21H25NO4/c1-21(2,3)26-20(23)12-17(22-13-15-7-5-4-6-8-15)16-9-10-18-19(11-16)25-14-24-18/h4-11,17,22H,12-14H2,1-3H3. The summed E-state index contributed by atoms with van der Waals surface area (Å²) in [6.07, 6.45) is 0.240. The van der Waals surface area contributed by atoms with Gasteiger partial charge < -0.3 is 19.5 Å². The van der Waals surface area contributed by atoms with Crippen molar-refractivity contribution in [2.45, 2.75) is 45.4 Å². The first-order valence-electron chi connectivity index (χ1n) is 8.79. The SMILES string of the molecule is CC(C)(C)OC(=O)CC(NCc1ccccc1)c1ccc2c(c1)OCO2. The van der Waals surface area contributed by atoms with Crippen LogP contribution in [-0.4, -0.2) is 18.4 Å². The van der Waals surface area contributed by atoms with Gasteiger partial charge in [-0.05, 0) is 44.0 Å². The molecule has 2 aromatic rings. The van der Waals surface area contributed by atoms with Crippen molar-refractivity contribution < 1.29 is 19.0 Å². The second-order valence-corrected chi connectivity index (χ2v) is 7.32. The fourth-order valence-corrected chi connectivity index (χ4v) is 2.82. The minimum absolute atomic E-state index is 0.181. The van der Waals surface area contributed by atoms with Crippen LogP contribution in [0.15, 0.2) is 48.5 Å². The van der Waals surface area contributed by atoms with Crippen molar-refractivity contribution >= 4 is 5.97 Å². The Labute approximate surface area is 154 Å². The van der Waals surface area contributed by atoms with Gasteiger partial charge in [0.25, 0.3) is 0 Å². The Kier molecular flexibility index (Phi) is 5.47. The lowest BCUT2D eigenvalue weighted by molar-refractivity contribution is -0.155. The van der Waals surface area contributed by atoms with Crippen molar-refractivity contribution in [1.29, 1.82) is 0 Å². The van der Waals surface area contributed by atoms with Crippen LogP contribution in [0.3, 0.4) is 0 Å². The van der Waals surface area contributed by atoms with Gasteiger partial charge in [-0.1, -0.05) is 36.4 Å². The number of ether oxygens (including phenoxy) is 3. The molecule has 138 valence electrons. The molecule has 0 amide bonds. The highest BCUT2D eigenvalue weighted by atomic mass is 16.7. The van der Waals surface area contributed by atoms with Crippen LogP contribution in [0.1, 0.15) is 44.4 Å². The fraction of sp³-hybridized carbons (Fsp3) is 0.381. The smallest absolute Gasteiger partial charge is 0.308 e. The molecule has 0 spiro atoms. The first-order chi connectivity index (χ1) is 12.4. The summed E-state index contributed by atoms with van der Waals surface area (Å²) in [5, 5.41) is 3.46. The summed E-state index contributed by atoms with van der Waals surface area (Å²) in [6.45, 7) is 6.50. The highest BCUT2D eigenvalue weighted by Crippen LogP contribution is 2.35. The maximum atomic E-state index is 12.4. The third kappa shape index (κ3) is 4.99. The van der Waals surface area contributed by atoms with Gasteiger partial charge in [-0.3, -0.25) is 4.79 Å². The Bertz CT molecular complexity index is 752. The molecular weight excluding hydrogens is 330 g/mol. The molecule has 1 aliphatic rings. The van der Waals surface area contributed by atoms with E-state index in [4.69, 9.17) is 14.2 Å². The maximum absolute atomic E-state index is 12.4. The second-order valence-electron chi connectivity index (χ2n) is 7.32. The van der Waals surface area contributed by atoms with Gasteiger partial charge in [-0.15, -0.1) is 0 Å². The van der Waals surface area contributed by atoms with Gasteiger partial charge in [0.1, 0.15) is 5.60 Å². The normalized spacial score (nSPS) is 14.1. The van der Waals surface area contributed by atoms with Crippen LogP contribution in [-0.2, 0) is 16.1 Å². The van der Waals surface area contributed by atoms with E-state index < -0.39 is 5.60 Å². The van der Waals surface area contributed by atoms with E-state index in [-0.39, 0.29) is 25.2 Å². The van der Waals surface area contributed by atoms with Crippen LogP contribution in [0.2, 0.25) is 0 Å². The van der Waals surface area contributed by atoms with Crippen molar-refractivity contribution in [3.05, 3.63) is 59.7 Å². The largest absolute Gasteiger partial charge is 0.460 e. The molecule has 26 heavy (non-hydrogen) atoms. The summed E-state index contributed by atoms with van der Waals surface area (Å²) in [6, 6.07) is 15.7. The molecule has 5 nitrogen and oxygen atoms in total. The molecule has 1 atom stereocenters. The van der Waals surface area contributed by atoms with E-state index in [9.17, 15) is 4.79 Å². The third-order valence-electron chi connectivity index (χ3n) is 3.99. The molecule has 1 N–H and O–H groups in total. The van der Waals surface area contributed by atoms with Gasteiger partial charge in [-0.2, -0.15) is 0 Å². The molecule has 0 saturated heterocycles. The minimum Gasteiger partial charge on any atom is -0.460 e. The first kappa shape index (κ1) is 18.3.